The molecule has 10 nitrogen and oxygen atoms in total. The van der Waals surface area contributed by atoms with Crippen molar-refractivity contribution in [1.82, 2.24) is 25.2 Å². The van der Waals surface area contributed by atoms with E-state index >= 15 is 0 Å². The number of nitrogens with zero attached hydrogens (tertiary/aromatic N) is 3. The summed E-state index contributed by atoms with van der Waals surface area (Å²) in [4.78, 5) is 29.7. The van der Waals surface area contributed by atoms with Crippen molar-refractivity contribution in [2.24, 2.45) is 0 Å². The van der Waals surface area contributed by atoms with Gasteiger partial charge in [-0.3, -0.25) is 9.59 Å². The summed E-state index contributed by atoms with van der Waals surface area (Å²) in [5, 5.41) is 16.1. The average Bonchev–Trinajstić information content (AvgIpc) is 3.16. The van der Waals surface area contributed by atoms with Gasteiger partial charge in [0.2, 0.25) is 0 Å². The minimum absolute atomic E-state index is 0.204. The molecule has 4 rings (SSSR count). The number of carbonyl (C=O) groups excluding carboxylic acids is 2. The molecular formula is C20H23N7O3. The number of ether oxygens (including phenoxy) is 1. The van der Waals surface area contributed by atoms with Crippen LogP contribution in [-0.2, 0) is 11.3 Å². The number of hydrogen-bond acceptors (Lipinski definition) is 7. The highest BCUT2D eigenvalue weighted by atomic mass is 16.5. The van der Waals surface area contributed by atoms with Gasteiger partial charge in [0.25, 0.3) is 11.8 Å². The molecule has 10 heteroatoms. The normalized spacial score (nSPS) is 16.5. The van der Waals surface area contributed by atoms with Crippen LogP contribution in [0.2, 0.25) is 0 Å². The summed E-state index contributed by atoms with van der Waals surface area (Å²) in [5.41, 5.74) is 2.69. The van der Waals surface area contributed by atoms with Gasteiger partial charge in [-0.1, -0.05) is 6.07 Å². The highest BCUT2D eigenvalue weighted by molar-refractivity contribution is 6.01. The number of fused-ring (bicyclic) bond motifs is 3. The smallest absolute Gasteiger partial charge is 0.257 e. The molecule has 2 aromatic heterocycles. The Kier molecular flexibility index (Phi) is 5.23. The maximum Gasteiger partial charge on any atom is 0.257 e. The van der Waals surface area contributed by atoms with Gasteiger partial charge in [0.15, 0.2) is 5.65 Å². The van der Waals surface area contributed by atoms with Gasteiger partial charge in [-0.05, 0) is 24.6 Å². The van der Waals surface area contributed by atoms with Crippen molar-refractivity contribution in [3.8, 4) is 0 Å². The van der Waals surface area contributed by atoms with Crippen molar-refractivity contribution in [2.45, 2.75) is 19.6 Å². The monoisotopic (exact) mass is 409 g/mol. The highest BCUT2D eigenvalue weighted by Gasteiger charge is 2.20. The Hall–Kier alpha value is -3.66. The third-order valence-electron chi connectivity index (χ3n) is 4.81. The van der Waals surface area contributed by atoms with Crippen molar-refractivity contribution >= 4 is 34.8 Å². The summed E-state index contributed by atoms with van der Waals surface area (Å²) < 4.78 is 7.32. The van der Waals surface area contributed by atoms with Crippen LogP contribution in [0.1, 0.15) is 33.2 Å². The third-order valence-corrected chi connectivity index (χ3v) is 4.81. The average molecular weight is 409 g/mol. The number of benzene rings is 1. The number of rotatable bonds is 2. The van der Waals surface area contributed by atoms with E-state index in [1.54, 1.807) is 30.7 Å². The van der Waals surface area contributed by atoms with Crippen molar-refractivity contribution in [3.05, 3.63) is 47.2 Å². The van der Waals surface area contributed by atoms with Crippen LogP contribution < -0.4 is 21.3 Å². The Labute approximate surface area is 173 Å². The maximum atomic E-state index is 12.8. The van der Waals surface area contributed by atoms with Crippen LogP contribution in [0.3, 0.4) is 0 Å². The Morgan fingerprint density at radius 3 is 2.90 bits per heavy atom. The van der Waals surface area contributed by atoms with Gasteiger partial charge in [-0.25, -0.2) is 4.98 Å². The molecule has 0 radical (unpaired) electrons. The summed E-state index contributed by atoms with van der Waals surface area (Å²) in [6, 6.07) is 7.01. The van der Waals surface area contributed by atoms with Gasteiger partial charge in [-0.15, -0.1) is 0 Å². The fourth-order valence-corrected chi connectivity index (χ4v) is 3.32. The molecule has 156 valence electrons. The molecule has 1 atom stereocenters. The molecule has 30 heavy (non-hydrogen) atoms. The van der Waals surface area contributed by atoms with E-state index in [-0.39, 0.29) is 17.9 Å². The molecule has 0 saturated heterocycles. The number of amides is 2. The zero-order chi connectivity index (χ0) is 21.3. The number of carbonyl (C=O) groups is 2. The van der Waals surface area contributed by atoms with Gasteiger partial charge in [0.1, 0.15) is 17.2 Å². The van der Waals surface area contributed by atoms with E-state index in [9.17, 15) is 9.59 Å². The molecule has 2 amide bonds. The summed E-state index contributed by atoms with van der Waals surface area (Å²) in [7, 11) is 3.34. The van der Waals surface area contributed by atoms with Crippen LogP contribution in [0.15, 0.2) is 30.5 Å². The number of anilines is 3. The SMILES string of the molecule is CNC(=O)c1ccc2cc1Nc1cc(NC)n3ncc(c3n1)C(=O)N[C@H](C)COC2. The lowest BCUT2D eigenvalue weighted by molar-refractivity contribution is 0.0821. The number of nitrogens with one attached hydrogen (secondary N) is 4. The topological polar surface area (TPSA) is 122 Å². The minimum atomic E-state index is -0.283. The van der Waals surface area contributed by atoms with Gasteiger partial charge in [0.05, 0.1) is 30.7 Å². The van der Waals surface area contributed by atoms with Gasteiger partial charge in [0, 0.05) is 26.2 Å². The predicted octanol–water partition coefficient (Wildman–Crippen LogP) is 1.52. The molecule has 0 saturated carbocycles. The molecule has 3 heterocycles. The van der Waals surface area contributed by atoms with E-state index < -0.39 is 0 Å². The number of aromatic nitrogens is 3. The van der Waals surface area contributed by atoms with Crippen LogP contribution in [-0.4, -0.2) is 53.2 Å². The fourth-order valence-electron chi connectivity index (χ4n) is 3.32. The lowest BCUT2D eigenvalue weighted by Crippen LogP contribution is -2.35. The molecule has 1 aliphatic heterocycles. The fraction of sp³-hybridized carbons (Fsp3) is 0.300. The van der Waals surface area contributed by atoms with Crippen molar-refractivity contribution in [3.63, 3.8) is 0 Å². The van der Waals surface area contributed by atoms with E-state index in [1.165, 1.54) is 6.20 Å². The predicted molar refractivity (Wildman–Crippen MR) is 112 cm³/mol. The Morgan fingerprint density at radius 1 is 1.30 bits per heavy atom. The van der Waals surface area contributed by atoms with Crippen LogP contribution in [0.25, 0.3) is 5.65 Å². The second-order valence-corrected chi connectivity index (χ2v) is 7.04. The first-order chi connectivity index (χ1) is 14.5. The highest BCUT2D eigenvalue weighted by Crippen LogP contribution is 2.26. The molecular weight excluding hydrogens is 386 g/mol. The molecule has 0 unspecified atom stereocenters. The van der Waals surface area contributed by atoms with Crippen molar-refractivity contribution in [2.75, 3.05) is 31.3 Å². The van der Waals surface area contributed by atoms with Crippen molar-refractivity contribution < 1.29 is 14.3 Å². The summed E-state index contributed by atoms with van der Waals surface area (Å²) in [6.07, 6.45) is 1.48. The first-order valence-electron chi connectivity index (χ1n) is 9.57. The molecule has 1 aromatic carbocycles. The van der Waals surface area contributed by atoms with Crippen LogP contribution in [0.5, 0.6) is 0 Å². The second kappa shape index (κ2) is 7.99. The zero-order valence-electron chi connectivity index (χ0n) is 16.9. The Balaban J connectivity index is 1.89. The maximum absolute atomic E-state index is 12.8. The molecule has 3 aromatic rings. The molecule has 0 fully saturated rings. The number of hydrogen-bond donors (Lipinski definition) is 4. The van der Waals surface area contributed by atoms with Crippen LogP contribution in [0, 0.1) is 0 Å². The Morgan fingerprint density at radius 2 is 2.13 bits per heavy atom. The van der Waals surface area contributed by atoms with Crippen molar-refractivity contribution in [1.29, 1.82) is 0 Å². The molecule has 0 aliphatic carbocycles. The van der Waals surface area contributed by atoms with Gasteiger partial charge >= 0.3 is 0 Å². The van der Waals surface area contributed by atoms with E-state index in [0.29, 0.717) is 47.3 Å². The largest absolute Gasteiger partial charge is 0.375 e. The molecule has 0 spiro atoms. The van der Waals surface area contributed by atoms with Gasteiger partial charge < -0.3 is 26.0 Å². The summed E-state index contributed by atoms with van der Waals surface area (Å²) >= 11 is 0. The minimum Gasteiger partial charge on any atom is -0.375 e. The van der Waals surface area contributed by atoms with E-state index in [4.69, 9.17) is 4.74 Å². The molecule has 4 bridgehead atoms. The first-order valence-corrected chi connectivity index (χ1v) is 9.57. The summed E-state index contributed by atoms with van der Waals surface area (Å²) in [5.74, 6) is 0.603. The quantitative estimate of drug-likeness (QED) is 0.506. The summed E-state index contributed by atoms with van der Waals surface area (Å²) in [6.45, 7) is 2.55. The van der Waals surface area contributed by atoms with E-state index in [0.717, 1.165) is 5.56 Å². The van der Waals surface area contributed by atoms with E-state index in [1.807, 2.05) is 19.1 Å². The first kappa shape index (κ1) is 19.6. The van der Waals surface area contributed by atoms with Crippen LogP contribution >= 0.6 is 0 Å². The standard InChI is InChI=1S/C20H23N7O3/c1-11-9-30-10-12-4-5-13(19(28)22-3)15(6-12)25-16-7-17(21-2)27-18(26-16)14(8-23-27)20(29)24-11/h4-8,11,21H,9-10H2,1-3H3,(H,22,28)(H,24,29)(H,25,26)/t11-/m1/s1. The lowest BCUT2D eigenvalue weighted by atomic mass is 10.1. The second-order valence-electron chi connectivity index (χ2n) is 7.04. The Bertz CT molecular complexity index is 1130. The molecule has 1 aliphatic rings. The van der Waals surface area contributed by atoms with Gasteiger partial charge in [-0.2, -0.15) is 9.61 Å². The third kappa shape index (κ3) is 3.64. The lowest BCUT2D eigenvalue weighted by Gasteiger charge is -2.17. The molecule has 4 N–H and O–H groups in total. The van der Waals surface area contributed by atoms with Crippen LogP contribution in [0.4, 0.5) is 17.3 Å². The zero-order valence-corrected chi connectivity index (χ0v) is 16.9. The van der Waals surface area contributed by atoms with E-state index in [2.05, 4.69) is 31.3 Å².